The molecular formula is C27H30N2O5. The highest BCUT2D eigenvalue weighted by Crippen LogP contribution is 2.34. The van der Waals surface area contributed by atoms with Crippen molar-refractivity contribution in [2.75, 3.05) is 39.3 Å². The van der Waals surface area contributed by atoms with Crippen molar-refractivity contribution in [3.05, 3.63) is 68.8 Å². The van der Waals surface area contributed by atoms with Gasteiger partial charge in [-0.15, -0.1) is 0 Å². The van der Waals surface area contributed by atoms with E-state index in [0.717, 1.165) is 61.4 Å². The number of carbonyl (C=O) groups excluding carboxylic acids is 2. The molecule has 2 saturated heterocycles. The van der Waals surface area contributed by atoms with Crippen molar-refractivity contribution in [1.82, 2.24) is 9.80 Å². The number of rotatable bonds is 4. The highest BCUT2D eigenvalue weighted by atomic mass is 16.5. The number of fused-ring (bicyclic) bond motifs is 3. The van der Waals surface area contributed by atoms with Gasteiger partial charge in [0.15, 0.2) is 0 Å². The minimum absolute atomic E-state index is 0.0304. The molecular weight excluding hydrogens is 432 g/mol. The first-order valence-corrected chi connectivity index (χ1v) is 12.2. The number of carbonyl (C=O) groups is 2. The van der Waals surface area contributed by atoms with Crippen LogP contribution in [0.4, 0.5) is 0 Å². The highest BCUT2D eigenvalue weighted by Gasteiger charge is 2.35. The van der Waals surface area contributed by atoms with Crippen molar-refractivity contribution in [2.45, 2.75) is 45.6 Å². The average Bonchev–Trinajstić information content (AvgIpc) is 3.42. The number of cyclic esters (lactones) is 2. The van der Waals surface area contributed by atoms with Gasteiger partial charge in [0, 0.05) is 49.9 Å². The Labute approximate surface area is 199 Å². The van der Waals surface area contributed by atoms with Crippen LogP contribution < -0.4 is 0 Å². The summed E-state index contributed by atoms with van der Waals surface area (Å²) in [5.41, 5.74) is 8.28. The van der Waals surface area contributed by atoms with Crippen LogP contribution in [0, 0.1) is 13.8 Å². The first-order chi connectivity index (χ1) is 16.5. The van der Waals surface area contributed by atoms with Crippen LogP contribution in [-0.2, 0) is 33.8 Å². The highest BCUT2D eigenvalue weighted by molar-refractivity contribution is 5.94. The zero-order valence-electron chi connectivity index (χ0n) is 19.8. The van der Waals surface area contributed by atoms with Crippen molar-refractivity contribution < 1.29 is 23.8 Å². The van der Waals surface area contributed by atoms with E-state index >= 15 is 0 Å². The molecule has 2 atom stereocenters. The minimum atomic E-state index is -0.220. The molecule has 178 valence electrons. The zero-order chi connectivity index (χ0) is 23.4. The van der Waals surface area contributed by atoms with E-state index in [4.69, 9.17) is 14.2 Å². The molecule has 0 amide bonds. The van der Waals surface area contributed by atoms with E-state index < -0.39 is 0 Å². The molecule has 2 aromatic carbocycles. The summed E-state index contributed by atoms with van der Waals surface area (Å²) < 4.78 is 16.8. The number of morpholine rings is 1. The van der Waals surface area contributed by atoms with Crippen molar-refractivity contribution in [1.29, 1.82) is 0 Å². The molecule has 4 aliphatic heterocycles. The van der Waals surface area contributed by atoms with Gasteiger partial charge in [-0.1, -0.05) is 12.1 Å². The van der Waals surface area contributed by atoms with Crippen molar-refractivity contribution in [2.24, 2.45) is 0 Å². The molecule has 0 aliphatic carbocycles. The van der Waals surface area contributed by atoms with E-state index in [1.165, 1.54) is 16.7 Å². The predicted molar refractivity (Wildman–Crippen MR) is 125 cm³/mol. The minimum Gasteiger partial charge on any atom is -0.457 e. The molecule has 34 heavy (non-hydrogen) atoms. The summed E-state index contributed by atoms with van der Waals surface area (Å²) in [5, 5.41) is 0. The molecule has 0 radical (unpaired) electrons. The molecule has 6 rings (SSSR count). The lowest BCUT2D eigenvalue weighted by atomic mass is 9.94. The van der Waals surface area contributed by atoms with Gasteiger partial charge in [0.25, 0.3) is 0 Å². The molecule has 7 nitrogen and oxygen atoms in total. The van der Waals surface area contributed by atoms with E-state index in [0.29, 0.717) is 31.4 Å². The summed E-state index contributed by atoms with van der Waals surface area (Å²) in [6.45, 7) is 10.6. The maximum atomic E-state index is 11.9. The maximum absolute atomic E-state index is 11.9. The Morgan fingerprint density at radius 2 is 1.59 bits per heavy atom. The summed E-state index contributed by atoms with van der Waals surface area (Å²) in [4.78, 5) is 28.7. The van der Waals surface area contributed by atoms with Crippen LogP contribution in [0.15, 0.2) is 24.3 Å². The smallest absolute Gasteiger partial charge is 0.338 e. The largest absolute Gasteiger partial charge is 0.457 e. The maximum Gasteiger partial charge on any atom is 0.338 e. The van der Waals surface area contributed by atoms with Gasteiger partial charge in [0.1, 0.15) is 13.2 Å². The fourth-order valence-electron chi connectivity index (χ4n) is 5.90. The topological polar surface area (TPSA) is 68.3 Å². The van der Waals surface area contributed by atoms with Crippen molar-refractivity contribution in [3.63, 3.8) is 0 Å². The fourth-order valence-corrected chi connectivity index (χ4v) is 5.90. The first-order valence-electron chi connectivity index (χ1n) is 12.2. The summed E-state index contributed by atoms with van der Waals surface area (Å²) >= 11 is 0. The molecule has 0 spiro atoms. The Balaban J connectivity index is 1.07. The molecule has 0 aromatic heterocycles. The molecule has 7 heteroatoms. The normalized spacial score (nSPS) is 24.4. The van der Waals surface area contributed by atoms with Crippen LogP contribution in [0.3, 0.4) is 0 Å². The van der Waals surface area contributed by atoms with Crippen LogP contribution in [0.5, 0.6) is 0 Å². The monoisotopic (exact) mass is 462 g/mol. The SMILES string of the molecule is Cc1c(CCN2CCN3C[C@@H](c4ccc5c(c4C)COC5=O)OC[C@@H]3C2)ccc2c1COC2=O. The van der Waals surface area contributed by atoms with Gasteiger partial charge in [-0.2, -0.15) is 0 Å². The van der Waals surface area contributed by atoms with Gasteiger partial charge >= 0.3 is 11.9 Å². The second-order valence-corrected chi connectivity index (χ2v) is 9.86. The average molecular weight is 463 g/mol. The van der Waals surface area contributed by atoms with Crippen molar-refractivity contribution in [3.8, 4) is 0 Å². The number of benzene rings is 2. The molecule has 4 aliphatic rings. The molecule has 0 unspecified atom stereocenters. The second-order valence-electron chi connectivity index (χ2n) is 9.86. The van der Waals surface area contributed by atoms with Crippen LogP contribution in [0.1, 0.15) is 60.2 Å². The summed E-state index contributed by atoms with van der Waals surface area (Å²) in [6.07, 6.45) is 1.00. The van der Waals surface area contributed by atoms with Crippen LogP contribution in [0.25, 0.3) is 0 Å². The quantitative estimate of drug-likeness (QED) is 0.647. The lowest BCUT2D eigenvalue weighted by molar-refractivity contribution is -0.0903. The molecule has 0 saturated carbocycles. The molecule has 2 fully saturated rings. The van der Waals surface area contributed by atoms with Gasteiger partial charge in [-0.25, -0.2) is 9.59 Å². The third kappa shape index (κ3) is 3.63. The van der Waals surface area contributed by atoms with E-state index in [-0.39, 0.29) is 18.0 Å². The molecule has 2 aromatic rings. The third-order valence-corrected chi connectivity index (χ3v) is 8.11. The van der Waals surface area contributed by atoms with Gasteiger partial charge in [0.05, 0.1) is 23.8 Å². The molecule has 0 N–H and O–H groups in total. The van der Waals surface area contributed by atoms with Gasteiger partial charge in [-0.3, -0.25) is 4.90 Å². The fraction of sp³-hybridized carbons (Fsp3) is 0.481. The zero-order valence-corrected chi connectivity index (χ0v) is 19.8. The number of nitrogens with zero attached hydrogens (tertiary/aromatic N) is 2. The van der Waals surface area contributed by atoms with E-state index in [1.54, 1.807) is 0 Å². The number of ether oxygens (including phenoxy) is 3. The van der Waals surface area contributed by atoms with E-state index in [9.17, 15) is 9.59 Å². The van der Waals surface area contributed by atoms with E-state index in [2.05, 4.69) is 29.7 Å². The Kier molecular flexibility index (Phi) is 5.43. The Morgan fingerprint density at radius 3 is 2.35 bits per heavy atom. The predicted octanol–water partition coefficient (Wildman–Crippen LogP) is 2.94. The Hall–Kier alpha value is -2.74. The number of hydrogen-bond donors (Lipinski definition) is 0. The number of hydrogen-bond acceptors (Lipinski definition) is 7. The number of esters is 2. The van der Waals surface area contributed by atoms with Gasteiger partial charge in [-0.05, 0) is 54.7 Å². The van der Waals surface area contributed by atoms with E-state index in [1.807, 2.05) is 18.2 Å². The first kappa shape index (κ1) is 21.8. The lowest BCUT2D eigenvalue weighted by Gasteiger charge is -2.46. The summed E-state index contributed by atoms with van der Waals surface area (Å²) in [6, 6.07) is 8.34. The Morgan fingerprint density at radius 1 is 0.882 bits per heavy atom. The second kappa shape index (κ2) is 8.48. The Bertz CT molecular complexity index is 1180. The summed E-state index contributed by atoms with van der Waals surface area (Å²) in [7, 11) is 0. The van der Waals surface area contributed by atoms with Crippen LogP contribution in [-0.4, -0.2) is 67.1 Å². The van der Waals surface area contributed by atoms with Crippen LogP contribution >= 0.6 is 0 Å². The standard InChI is InChI=1S/C27H30N2O5/c1-16-18(3-4-21-23(16)14-33-26(21)30)7-8-28-9-10-29-12-25(32-13-19(29)11-28)20-5-6-22-24(17(20)2)15-34-27(22)31/h3-6,19,25H,7-15H2,1-2H3/t19-,25-/m0/s1. The molecule has 0 bridgehead atoms. The third-order valence-electron chi connectivity index (χ3n) is 8.11. The van der Waals surface area contributed by atoms with Crippen molar-refractivity contribution >= 4 is 11.9 Å². The van der Waals surface area contributed by atoms with Crippen LogP contribution in [0.2, 0.25) is 0 Å². The lowest BCUT2D eigenvalue weighted by Crippen LogP contribution is -2.58. The molecule has 4 heterocycles. The van der Waals surface area contributed by atoms with Gasteiger partial charge in [0.2, 0.25) is 0 Å². The number of piperazine rings is 1. The summed E-state index contributed by atoms with van der Waals surface area (Å²) in [5.74, 6) is -0.421. The van der Waals surface area contributed by atoms with Gasteiger partial charge < -0.3 is 19.1 Å².